The Morgan fingerprint density at radius 3 is 2.70 bits per heavy atom. The summed E-state index contributed by atoms with van der Waals surface area (Å²) in [4.78, 5) is 13.3. The highest BCUT2D eigenvalue weighted by atomic mass is 16.2. The average molecular weight is 308 g/mol. The second-order valence-corrected chi connectivity index (χ2v) is 5.98. The number of nitrogens with one attached hydrogen (secondary N) is 2. The molecule has 0 heterocycles. The van der Waals surface area contributed by atoms with Gasteiger partial charge in [-0.05, 0) is 37.6 Å². The lowest BCUT2D eigenvalue weighted by atomic mass is 10.1. The Morgan fingerprint density at radius 2 is 2.00 bits per heavy atom. The zero-order chi connectivity index (χ0) is 16.8. The standard InChI is InChI=1S/C19H21N3O/c1-14-7-8-17(15(2)9-14)12-22(3)13-19(23)21-18-6-4-5-16(10-18)11-20/h4-10H,12-13H2,1-3H3,(H,21,23)/p+1. The molecular formula is C19H22N3O+. The fraction of sp³-hybridized carbons (Fsp3) is 0.263. The Morgan fingerprint density at radius 1 is 1.22 bits per heavy atom. The van der Waals surface area contributed by atoms with Gasteiger partial charge >= 0.3 is 0 Å². The highest BCUT2D eigenvalue weighted by Gasteiger charge is 2.12. The van der Waals surface area contributed by atoms with Crippen molar-refractivity contribution in [3.8, 4) is 6.07 Å². The third-order valence-electron chi connectivity index (χ3n) is 3.73. The van der Waals surface area contributed by atoms with Gasteiger partial charge in [0.15, 0.2) is 6.54 Å². The molecule has 1 unspecified atom stereocenters. The number of benzene rings is 2. The van der Waals surface area contributed by atoms with E-state index < -0.39 is 0 Å². The second kappa shape index (κ2) is 7.57. The molecule has 0 saturated heterocycles. The van der Waals surface area contributed by atoms with Crippen LogP contribution in [0.15, 0.2) is 42.5 Å². The highest BCUT2D eigenvalue weighted by Crippen LogP contribution is 2.10. The van der Waals surface area contributed by atoms with E-state index in [1.807, 2.05) is 7.05 Å². The van der Waals surface area contributed by atoms with Gasteiger partial charge in [-0.1, -0.05) is 29.8 Å². The van der Waals surface area contributed by atoms with E-state index in [-0.39, 0.29) is 5.91 Å². The van der Waals surface area contributed by atoms with Crippen molar-refractivity contribution in [1.29, 1.82) is 5.26 Å². The van der Waals surface area contributed by atoms with Crippen LogP contribution in [0.1, 0.15) is 22.3 Å². The molecule has 0 radical (unpaired) electrons. The summed E-state index contributed by atoms with van der Waals surface area (Å²) < 4.78 is 0. The van der Waals surface area contributed by atoms with Gasteiger partial charge in [-0.25, -0.2) is 0 Å². The molecule has 4 heteroatoms. The second-order valence-electron chi connectivity index (χ2n) is 5.98. The number of nitriles is 1. The van der Waals surface area contributed by atoms with Crippen LogP contribution in [-0.2, 0) is 11.3 Å². The lowest BCUT2D eigenvalue weighted by Crippen LogP contribution is -3.08. The van der Waals surface area contributed by atoms with Crippen molar-refractivity contribution in [2.24, 2.45) is 0 Å². The summed E-state index contributed by atoms with van der Waals surface area (Å²) in [6, 6.07) is 15.4. The smallest absolute Gasteiger partial charge is 0.279 e. The largest absolute Gasteiger partial charge is 0.326 e. The van der Waals surface area contributed by atoms with Gasteiger partial charge in [0.1, 0.15) is 6.54 Å². The van der Waals surface area contributed by atoms with Crippen molar-refractivity contribution in [1.82, 2.24) is 0 Å². The number of quaternary nitrogens is 1. The Labute approximate surface area is 137 Å². The van der Waals surface area contributed by atoms with Gasteiger partial charge in [0.2, 0.25) is 0 Å². The zero-order valence-corrected chi connectivity index (χ0v) is 13.8. The Kier molecular flexibility index (Phi) is 5.51. The molecule has 0 spiro atoms. The Balaban J connectivity index is 1.93. The molecule has 118 valence electrons. The van der Waals surface area contributed by atoms with Gasteiger partial charge in [0, 0.05) is 11.3 Å². The maximum Gasteiger partial charge on any atom is 0.279 e. The van der Waals surface area contributed by atoms with Gasteiger partial charge in [-0.15, -0.1) is 0 Å². The van der Waals surface area contributed by atoms with Crippen LogP contribution in [0, 0.1) is 25.2 Å². The van der Waals surface area contributed by atoms with E-state index in [1.165, 1.54) is 16.7 Å². The minimum Gasteiger partial charge on any atom is -0.326 e. The van der Waals surface area contributed by atoms with Crippen LogP contribution in [0.3, 0.4) is 0 Å². The van der Waals surface area contributed by atoms with Crippen molar-refractivity contribution in [2.75, 3.05) is 18.9 Å². The number of hydrogen-bond donors (Lipinski definition) is 2. The number of nitrogens with zero attached hydrogens (tertiary/aromatic N) is 1. The van der Waals surface area contributed by atoms with Gasteiger partial charge in [0.25, 0.3) is 5.91 Å². The summed E-state index contributed by atoms with van der Waals surface area (Å²) in [6.07, 6.45) is 0. The van der Waals surface area contributed by atoms with E-state index in [1.54, 1.807) is 24.3 Å². The van der Waals surface area contributed by atoms with Crippen LogP contribution in [0.2, 0.25) is 0 Å². The van der Waals surface area contributed by atoms with Crippen molar-refractivity contribution in [3.05, 3.63) is 64.7 Å². The van der Waals surface area contributed by atoms with Crippen molar-refractivity contribution < 1.29 is 9.69 Å². The fourth-order valence-electron chi connectivity index (χ4n) is 2.58. The van der Waals surface area contributed by atoms with Crippen LogP contribution in [-0.4, -0.2) is 19.5 Å². The van der Waals surface area contributed by atoms with Gasteiger partial charge in [-0.2, -0.15) is 5.26 Å². The molecule has 2 aromatic carbocycles. The number of anilines is 1. The molecule has 0 bridgehead atoms. The maximum absolute atomic E-state index is 12.1. The molecule has 2 N–H and O–H groups in total. The summed E-state index contributed by atoms with van der Waals surface area (Å²) in [5, 5.41) is 11.7. The number of carbonyl (C=O) groups excluding carboxylic acids is 1. The quantitative estimate of drug-likeness (QED) is 0.885. The lowest BCUT2D eigenvalue weighted by molar-refractivity contribution is -0.885. The molecule has 23 heavy (non-hydrogen) atoms. The summed E-state index contributed by atoms with van der Waals surface area (Å²) in [5.41, 5.74) is 4.96. The lowest BCUT2D eigenvalue weighted by Gasteiger charge is -2.15. The zero-order valence-electron chi connectivity index (χ0n) is 13.8. The van der Waals surface area contributed by atoms with Crippen LogP contribution in [0.5, 0.6) is 0 Å². The van der Waals surface area contributed by atoms with Gasteiger partial charge in [-0.3, -0.25) is 4.79 Å². The summed E-state index contributed by atoms with van der Waals surface area (Å²) in [5.74, 6) is -0.0534. The van der Waals surface area contributed by atoms with Crippen molar-refractivity contribution in [3.63, 3.8) is 0 Å². The molecule has 0 aromatic heterocycles. The van der Waals surface area contributed by atoms with Crippen LogP contribution < -0.4 is 10.2 Å². The van der Waals surface area contributed by atoms with E-state index in [0.717, 1.165) is 11.4 Å². The molecular weight excluding hydrogens is 286 g/mol. The molecule has 1 amide bonds. The molecule has 0 aliphatic rings. The Hall–Kier alpha value is -2.64. The number of likely N-dealkylation sites (N-methyl/N-ethyl adjacent to an activating group) is 1. The normalized spacial score (nSPS) is 11.6. The minimum atomic E-state index is -0.0534. The fourth-order valence-corrected chi connectivity index (χ4v) is 2.58. The molecule has 0 aliphatic carbocycles. The highest BCUT2D eigenvalue weighted by molar-refractivity contribution is 5.91. The van der Waals surface area contributed by atoms with E-state index >= 15 is 0 Å². The van der Waals surface area contributed by atoms with E-state index in [4.69, 9.17) is 5.26 Å². The molecule has 2 rings (SSSR count). The summed E-state index contributed by atoms with van der Waals surface area (Å²) in [6.45, 7) is 5.36. The molecule has 0 saturated carbocycles. The summed E-state index contributed by atoms with van der Waals surface area (Å²) >= 11 is 0. The number of rotatable bonds is 5. The van der Waals surface area contributed by atoms with Crippen molar-refractivity contribution in [2.45, 2.75) is 20.4 Å². The van der Waals surface area contributed by atoms with E-state index in [0.29, 0.717) is 17.8 Å². The van der Waals surface area contributed by atoms with Crippen LogP contribution in [0.25, 0.3) is 0 Å². The van der Waals surface area contributed by atoms with Crippen LogP contribution >= 0.6 is 0 Å². The molecule has 2 aromatic rings. The first-order chi connectivity index (χ1) is 11.0. The average Bonchev–Trinajstić information content (AvgIpc) is 2.50. The topological polar surface area (TPSA) is 57.3 Å². The van der Waals surface area contributed by atoms with Crippen LogP contribution in [0.4, 0.5) is 5.69 Å². The number of carbonyl (C=O) groups is 1. The molecule has 1 atom stereocenters. The predicted molar refractivity (Wildman–Crippen MR) is 91.2 cm³/mol. The van der Waals surface area contributed by atoms with E-state index in [2.05, 4.69) is 43.4 Å². The van der Waals surface area contributed by atoms with Gasteiger partial charge in [0.05, 0.1) is 18.7 Å². The Bertz CT molecular complexity index is 747. The maximum atomic E-state index is 12.1. The number of amides is 1. The number of aryl methyl sites for hydroxylation is 2. The summed E-state index contributed by atoms with van der Waals surface area (Å²) in [7, 11) is 2.00. The van der Waals surface area contributed by atoms with Crippen molar-refractivity contribution >= 4 is 11.6 Å². The number of hydrogen-bond acceptors (Lipinski definition) is 2. The third kappa shape index (κ3) is 4.94. The first kappa shape index (κ1) is 16.7. The molecule has 4 nitrogen and oxygen atoms in total. The predicted octanol–water partition coefficient (Wildman–Crippen LogP) is 1.83. The minimum absolute atomic E-state index is 0.0534. The first-order valence-electron chi connectivity index (χ1n) is 7.65. The molecule has 0 aliphatic heterocycles. The van der Waals surface area contributed by atoms with E-state index in [9.17, 15) is 4.79 Å². The SMILES string of the molecule is Cc1ccc(C[NH+](C)CC(=O)Nc2cccc(C#N)c2)c(C)c1. The molecule has 0 fully saturated rings. The van der Waals surface area contributed by atoms with Gasteiger partial charge < -0.3 is 10.2 Å². The first-order valence-corrected chi connectivity index (χ1v) is 7.65. The third-order valence-corrected chi connectivity index (χ3v) is 3.73. The monoisotopic (exact) mass is 308 g/mol.